The van der Waals surface area contributed by atoms with E-state index in [4.69, 9.17) is 11.1 Å². The zero-order valence-electron chi connectivity index (χ0n) is 13.8. The summed E-state index contributed by atoms with van der Waals surface area (Å²) >= 11 is 0. The molecule has 2 atom stereocenters. The monoisotopic (exact) mass is 400 g/mol. The van der Waals surface area contributed by atoms with Crippen molar-refractivity contribution in [1.82, 2.24) is 4.31 Å². The lowest BCUT2D eigenvalue weighted by Crippen LogP contribution is -2.43. The van der Waals surface area contributed by atoms with Crippen molar-refractivity contribution in [3.63, 3.8) is 0 Å². The number of rotatable bonds is 11. The van der Waals surface area contributed by atoms with Gasteiger partial charge in [0.05, 0.1) is 30.2 Å². The molecule has 146 valence electrons. The molecule has 0 aromatic heterocycles. The van der Waals surface area contributed by atoms with Crippen LogP contribution >= 0.6 is 0 Å². The molecular formula is C12H16N8O6S. The summed E-state index contributed by atoms with van der Waals surface area (Å²) in [6.45, 7) is -2.13. The van der Waals surface area contributed by atoms with Crippen LogP contribution in [0.25, 0.3) is 20.9 Å². The number of nitro benzene ring substituents is 1. The molecular weight excluding hydrogens is 384 g/mol. The summed E-state index contributed by atoms with van der Waals surface area (Å²) in [4.78, 5) is 14.5. The SMILES string of the molecule is [N-]=[N+]=NC[C@H](O)CN(C[C@@H](O)CN=[N+]=[N-])S(=O)(=O)c1ccccc1[N+](=O)[O-]. The summed E-state index contributed by atoms with van der Waals surface area (Å²) in [6, 6.07) is 4.58. The molecule has 0 radical (unpaired) electrons. The smallest absolute Gasteiger partial charge is 0.289 e. The van der Waals surface area contributed by atoms with Crippen molar-refractivity contribution in [2.75, 3.05) is 26.2 Å². The van der Waals surface area contributed by atoms with Crippen LogP contribution in [0, 0.1) is 10.1 Å². The number of nitro groups is 1. The van der Waals surface area contributed by atoms with Crippen molar-refractivity contribution in [2.24, 2.45) is 10.2 Å². The molecule has 2 N–H and O–H groups in total. The third-order valence-corrected chi connectivity index (χ3v) is 5.10. The van der Waals surface area contributed by atoms with Crippen LogP contribution < -0.4 is 0 Å². The quantitative estimate of drug-likeness (QED) is 0.181. The van der Waals surface area contributed by atoms with Crippen LogP contribution in [0.3, 0.4) is 0 Å². The standard InChI is InChI=1S/C12H16N8O6S/c13-17-15-5-9(21)7-19(8-10(22)6-16-18-14)27(25,26)12-4-2-1-3-11(12)20(23)24/h1-4,9-10,21-22H,5-8H2/t9-,10-/m0/s1. The summed E-state index contributed by atoms with van der Waals surface area (Å²) in [5.74, 6) is 0. The van der Waals surface area contributed by atoms with E-state index in [2.05, 4.69) is 20.1 Å². The summed E-state index contributed by atoms with van der Waals surface area (Å²) in [5, 5.41) is 37.1. The zero-order chi connectivity index (χ0) is 20.4. The molecule has 0 spiro atoms. The third-order valence-electron chi connectivity index (χ3n) is 3.22. The summed E-state index contributed by atoms with van der Waals surface area (Å²) in [6.07, 6.45) is -2.85. The van der Waals surface area contributed by atoms with Gasteiger partial charge in [0, 0.05) is 29.0 Å². The molecule has 0 aliphatic rings. The number of azide groups is 2. The van der Waals surface area contributed by atoms with Gasteiger partial charge in [-0.15, -0.1) is 0 Å². The van der Waals surface area contributed by atoms with E-state index in [1.54, 1.807) is 0 Å². The predicted molar refractivity (Wildman–Crippen MR) is 91.9 cm³/mol. The van der Waals surface area contributed by atoms with E-state index in [1.165, 1.54) is 12.1 Å². The molecule has 0 bridgehead atoms. The molecule has 14 nitrogen and oxygen atoms in total. The lowest BCUT2D eigenvalue weighted by atomic mass is 10.3. The van der Waals surface area contributed by atoms with Gasteiger partial charge in [-0.3, -0.25) is 10.1 Å². The maximum absolute atomic E-state index is 12.9. The minimum Gasteiger partial charge on any atom is -0.392 e. The zero-order valence-corrected chi connectivity index (χ0v) is 14.6. The van der Waals surface area contributed by atoms with Gasteiger partial charge in [-0.1, -0.05) is 22.4 Å². The van der Waals surface area contributed by atoms with E-state index in [-0.39, 0.29) is 0 Å². The molecule has 0 aliphatic carbocycles. The van der Waals surface area contributed by atoms with Crippen LogP contribution in [-0.4, -0.2) is 66.2 Å². The molecule has 0 saturated heterocycles. The molecule has 1 rings (SSSR count). The van der Waals surface area contributed by atoms with Crippen molar-refractivity contribution in [2.45, 2.75) is 17.1 Å². The van der Waals surface area contributed by atoms with Crippen LogP contribution in [0.5, 0.6) is 0 Å². The van der Waals surface area contributed by atoms with Gasteiger partial charge in [-0.25, -0.2) is 8.42 Å². The number of para-hydroxylation sites is 1. The highest BCUT2D eigenvalue weighted by Gasteiger charge is 2.33. The molecule has 1 aromatic rings. The number of hydrogen-bond acceptors (Lipinski definition) is 8. The molecule has 0 saturated carbocycles. The van der Waals surface area contributed by atoms with E-state index < -0.39 is 63.9 Å². The van der Waals surface area contributed by atoms with Gasteiger partial charge in [0.25, 0.3) is 5.69 Å². The van der Waals surface area contributed by atoms with Gasteiger partial charge >= 0.3 is 0 Å². The van der Waals surface area contributed by atoms with E-state index in [0.29, 0.717) is 4.31 Å². The Labute approximate surface area is 153 Å². The van der Waals surface area contributed by atoms with Crippen molar-refractivity contribution < 1.29 is 23.6 Å². The Morgan fingerprint density at radius 2 is 1.59 bits per heavy atom. The maximum Gasteiger partial charge on any atom is 0.289 e. The second-order valence-electron chi connectivity index (χ2n) is 5.18. The lowest BCUT2D eigenvalue weighted by molar-refractivity contribution is -0.387. The van der Waals surface area contributed by atoms with Gasteiger partial charge in [0.15, 0.2) is 4.90 Å². The number of sulfonamides is 1. The van der Waals surface area contributed by atoms with Crippen molar-refractivity contribution in [3.05, 3.63) is 55.3 Å². The molecule has 0 fully saturated rings. The predicted octanol–water partition coefficient (Wildman–Crippen LogP) is 0.928. The number of benzene rings is 1. The maximum atomic E-state index is 12.9. The second-order valence-corrected chi connectivity index (χ2v) is 7.09. The number of nitrogens with zero attached hydrogens (tertiary/aromatic N) is 8. The minimum absolute atomic E-state index is 0.453. The topological polar surface area (TPSA) is 218 Å². The Morgan fingerprint density at radius 1 is 1.11 bits per heavy atom. The van der Waals surface area contributed by atoms with E-state index in [9.17, 15) is 28.7 Å². The first kappa shape index (κ1) is 22.1. The number of aliphatic hydroxyl groups is 2. The van der Waals surface area contributed by atoms with Crippen molar-refractivity contribution in [1.29, 1.82) is 0 Å². The molecule has 15 heteroatoms. The van der Waals surface area contributed by atoms with Crippen LogP contribution in [-0.2, 0) is 10.0 Å². The highest BCUT2D eigenvalue weighted by molar-refractivity contribution is 7.89. The first-order valence-corrected chi connectivity index (χ1v) is 8.79. The fourth-order valence-corrected chi connectivity index (χ4v) is 3.76. The van der Waals surface area contributed by atoms with Crippen molar-refractivity contribution in [3.8, 4) is 0 Å². The molecule has 27 heavy (non-hydrogen) atoms. The highest BCUT2D eigenvalue weighted by atomic mass is 32.2. The van der Waals surface area contributed by atoms with Gasteiger partial charge in [-0.2, -0.15) is 4.31 Å². The Hall–Kier alpha value is -2.93. The average Bonchev–Trinajstić information content (AvgIpc) is 2.64. The van der Waals surface area contributed by atoms with Gasteiger partial charge < -0.3 is 10.2 Å². The fraction of sp³-hybridized carbons (Fsp3) is 0.500. The van der Waals surface area contributed by atoms with Crippen LogP contribution in [0.2, 0.25) is 0 Å². The number of aliphatic hydroxyl groups excluding tert-OH is 2. The summed E-state index contributed by atoms with van der Waals surface area (Å²) < 4.78 is 26.3. The molecule has 0 aliphatic heterocycles. The molecule has 1 aromatic carbocycles. The Balaban J connectivity index is 3.28. The van der Waals surface area contributed by atoms with E-state index in [1.807, 2.05) is 0 Å². The summed E-state index contributed by atoms with van der Waals surface area (Å²) in [7, 11) is -4.51. The first-order valence-electron chi connectivity index (χ1n) is 7.35. The summed E-state index contributed by atoms with van der Waals surface area (Å²) in [5.41, 5.74) is 15.9. The third kappa shape index (κ3) is 6.38. The minimum atomic E-state index is -4.51. The van der Waals surface area contributed by atoms with Crippen LogP contribution in [0.15, 0.2) is 39.4 Å². The Morgan fingerprint density at radius 3 is 2.04 bits per heavy atom. The molecule has 0 heterocycles. The Bertz CT molecular complexity index is 836. The van der Waals surface area contributed by atoms with Gasteiger partial charge in [0.1, 0.15) is 0 Å². The van der Waals surface area contributed by atoms with Crippen LogP contribution in [0.4, 0.5) is 5.69 Å². The first-order chi connectivity index (χ1) is 12.7. The average molecular weight is 400 g/mol. The van der Waals surface area contributed by atoms with E-state index >= 15 is 0 Å². The van der Waals surface area contributed by atoms with Crippen LogP contribution in [0.1, 0.15) is 0 Å². The second kappa shape index (κ2) is 10.3. The lowest BCUT2D eigenvalue weighted by Gasteiger charge is -2.25. The Kier molecular flexibility index (Phi) is 8.41. The van der Waals surface area contributed by atoms with E-state index in [0.717, 1.165) is 12.1 Å². The van der Waals surface area contributed by atoms with Gasteiger partial charge in [-0.05, 0) is 17.1 Å². The number of hydrogen-bond donors (Lipinski definition) is 2. The molecule has 0 unspecified atom stereocenters. The fourth-order valence-electron chi connectivity index (χ4n) is 2.08. The molecule has 0 amide bonds. The largest absolute Gasteiger partial charge is 0.392 e. The van der Waals surface area contributed by atoms with Crippen molar-refractivity contribution >= 4 is 15.7 Å². The highest BCUT2D eigenvalue weighted by Crippen LogP contribution is 2.26. The normalized spacial score (nSPS) is 13.3. The van der Waals surface area contributed by atoms with Gasteiger partial charge in [0.2, 0.25) is 10.0 Å².